The maximum atomic E-state index is 12.7. The average molecular weight is 190 g/mol. The summed E-state index contributed by atoms with van der Waals surface area (Å²) in [6.45, 7) is 2.17. The number of unbranched alkanes of at least 4 members (excludes halogenated alkanes) is 3. The van der Waals surface area contributed by atoms with Crippen LogP contribution >= 0.6 is 0 Å². The van der Waals surface area contributed by atoms with Crippen LogP contribution in [-0.2, 0) is 0 Å². The molecular weight excluding hydrogens is 175 g/mol. The molecule has 1 aromatic carbocycles. The van der Waals surface area contributed by atoms with Gasteiger partial charge < -0.3 is 0 Å². The first-order valence-electron chi connectivity index (χ1n) is 5.07. The SMILES string of the molecule is CCCCCC#Cc1cccc(F)c1. The van der Waals surface area contributed by atoms with Crippen LogP contribution < -0.4 is 0 Å². The molecule has 0 saturated carbocycles. The van der Waals surface area contributed by atoms with Crippen molar-refractivity contribution in [1.82, 2.24) is 0 Å². The van der Waals surface area contributed by atoms with Gasteiger partial charge in [0.1, 0.15) is 5.82 Å². The van der Waals surface area contributed by atoms with Crippen molar-refractivity contribution in [3.63, 3.8) is 0 Å². The van der Waals surface area contributed by atoms with E-state index in [-0.39, 0.29) is 5.82 Å². The third-order valence-corrected chi connectivity index (χ3v) is 1.96. The Kier molecular flexibility index (Phi) is 4.78. The minimum Gasteiger partial charge on any atom is -0.207 e. The Bertz CT molecular complexity index is 331. The standard InChI is InChI=1S/C13H15F/c1-2-3-4-5-6-8-12-9-7-10-13(14)11-12/h7,9-11H,2-5H2,1H3. The highest BCUT2D eigenvalue weighted by molar-refractivity contribution is 5.34. The van der Waals surface area contributed by atoms with Crippen molar-refractivity contribution in [1.29, 1.82) is 0 Å². The van der Waals surface area contributed by atoms with Gasteiger partial charge in [0.2, 0.25) is 0 Å². The molecule has 1 aromatic rings. The zero-order chi connectivity index (χ0) is 10.2. The van der Waals surface area contributed by atoms with Crippen LogP contribution in [0.2, 0.25) is 0 Å². The molecule has 1 heteroatoms. The van der Waals surface area contributed by atoms with E-state index >= 15 is 0 Å². The van der Waals surface area contributed by atoms with Gasteiger partial charge in [-0.15, -0.1) is 0 Å². The zero-order valence-corrected chi connectivity index (χ0v) is 8.52. The predicted octanol–water partition coefficient (Wildman–Crippen LogP) is 3.76. The minimum absolute atomic E-state index is 0.217. The lowest BCUT2D eigenvalue weighted by Crippen LogP contribution is -1.77. The summed E-state index contributed by atoms with van der Waals surface area (Å²) in [6.07, 6.45) is 4.47. The van der Waals surface area contributed by atoms with Gasteiger partial charge in [-0.2, -0.15) is 0 Å². The Morgan fingerprint density at radius 1 is 1.29 bits per heavy atom. The molecule has 0 aliphatic rings. The number of halogens is 1. The van der Waals surface area contributed by atoms with E-state index < -0.39 is 0 Å². The van der Waals surface area contributed by atoms with E-state index in [4.69, 9.17) is 0 Å². The highest BCUT2D eigenvalue weighted by Gasteiger charge is 1.89. The van der Waals surface area contributed by atoms with Crippen LogP contribution in [-0.4, -0.2) is 0 Å². The van der Waals surface area contributed by atoms with Crippen LogP contribution in [0.5, 0.6) is 0 Å². The molecule has 0 fully saturated rings. The van der Waals surface area contributed by atoms with Gasteiger partial charge in [-0.1, -0.05) is 37.7 Å². The molecule has 0 radical (unpaired) electrons. The molecule has 0 N–H and O–H groups in total. The molecular formula is C13H15F. The summed E-state index contributed by atoms with van der Waals surface area (Å²) < 4.78 is 12.7. The topological polar surface area (TPSA) is 0 Å². The van der Waals surface area contributed by atoms with Crippen LogP contribution in [0.4, 0.5) is 4.39 Å². The van der Waals surface area contributed by atoms with Crippen molar-refractivity contribution >= 4 is 0 Å². The lowest BCUT2D eigenvalue weighted by atomic mass is 10.2. The second-order valence-corrected chi connectivity index (χ2v) is 3.27. The lowest BCUT2D eigenvalue weighted by molar-refractivity contribution is 0.627. The van der Waals surface area contributed by atoms with Crippen molar-refractivity contribution < 1.29 is 4.39 Å². The lowest BCUT2D eigenvalue weighted by Gasteiger charge is -1.90. The molecule has 0 amide bonds. The zero-order valence-electron chi connectivity index (χ0n) is 8.52. The minimum atomic E-state index is -0.217. The fourth-order valence-corrected chi connectivity index (χ4v) is 1.19. The maximum absolute atomic E-state index is 12.7. The Hall–Kier alpha value is -1.29. The number of hydrogen-bond acceptors (Lipinski definition) is 0. The first-order valence-corrected chi connectivity index (χ1v) is 5.07. The molecule has 0 unspecified atom stereocenters. The van der Waals surface area contributed by atoms with E-state index in [2.05, 4.69) is 18.8 Å². The fourth-order valence-electron chi connectivity index (χ4n) is 1.19. The van der Waals surface area contributed by atoms with Gasteiger partial charge in [0, 0.05) is 12.0 Å². The molecule has 0 saturated heterocycles. The molecule has 0 nitrogen and oxygen atoms in total. The molecule has 0 spiro atoms. The number of rotatable bonds is 3. The summed E-state index contributed by atoms with van der Waals surface area (Å²) in [4.78, 5) is 0. The second-order valence-electron chi connectivity index (χ2n) is 3.27. The molecule has 0 bridgehead atoms. The molecule has 0 aliphatic heterocycles. The van der Waals surface area contributed by atoms with Crippen LogP contribution in [0.3, 0.4) is 0 Å². The monoisotopic (exact) mass is 190 g/mol. The van der Waals surface area contributed by atoms with E-state index in [0.29, 0.717) is 0 Å². The quantitative estimate of drug-likeness (QED) is 0.503. The highest BCUT2D eigenvalue weighted by Crippen LogP contribution is 2.02. The first-order chi connectivity index (χ1) is 6.83. The molecule has 0 atom stereocenters. The van der Waals surface area contributed by atoms with Gasteiger partial charge in [0.05, 0.1) is 0 Å². The van der Waals surface area contributed by atoms with E-state index in [1.54, 1.807) is 6.07 Å². The summed E-state index contributed by atoms with van der Waals surface area (Å²) >= 11 is 0. The van der Waals surface area contributed by atoms with Crippen molar-refractivity contribution in [2.75, 3.05) is 0 Å². The number of benzene rings is 1. The Balaban J connectivity index is 2.43. The van der Waals surface area contributed by atoms with Crippen molar-refractivity contribution in [2.24, 2.45) is 0 Å². The summed E-state index contributed by atoms with van der Waals surface area (Å²) in [7, 11) is 0. The number of hydrogen-bond donors (Lipinski definition) is 0. The van der Waals surface area contributed by atoms with E-state index in [0.717, 1.165) is 18.4 Å². The van der Waals surface area contributed by atoms with Crippen molar-refractivity contribution in [3.8, 4) is 11.8 Å². The fraction of sp³-hybridized carbons (Fsp3) is 0.385. The molecule has 0 aliphatic carbocycles. The van der Waals surface area contributed by atoms with Crippen LogP contribution in [0.1, 0.15) is 38.2 Å². The normalized spacial score (nSPS) is 9.29. The van der Waals surface area contributed by atoms with Gasteiger partial charge in [0.15, 0.2) is 0 Å². The maximum Gasteiger partial charge on any atom is 0.124 e. The Labute approximate surface area is 85.2 Å². The van der Waals surface area contributed by atoms with E-state index in [1.807, 2.05) is 6.07 Å². The third kappa shape index (κ3) is 4.09. The van der Waals surface area contributed by atoms with Gasteiger partial charge in [-0.3, -0.25) is 0 Å². The van der Waals surface area contributed by atoms with Crippen LogP contribution in [0.15, 0.2) is 24.3 Å². The van der Waals surface area contributed by atoms with Crippen molar-refractivity contribution in [3.05, 3.63) is 35.6 Å². The molecule has 1 rings (SSSR count). The van der Waals surface area contributed by atoms with Gasteiger partial charge in [-0.25, -0.2) is 4.39 Å². The van der Waals surface area contributed by atoms with E-state index in [9.17, 15) is 4.39 Å². The largest absolute Gasteiger partial charge is 0.207 e. The van der Waals surface area contributed by atoms with E-state index in [1.165, 1.54) is 25.0 Å². The predicted molar refractivity (Wildman–Crippen MR) is 57.4 cm³/mol. The van der Waals surface area contributed by atoms with Crippen LogP contribution in [0, 0.1) is 17.7 Å². The Morgan fingerprint density at radius 3 is 2.86 bits per heavy atom. The summed E-state index contributed by atoms with van der Waals surface area (Å²) in [6, 6.07) is 6.41. The molecule has 0 aromatic heterocycles. The first kappa shape index (κ1) is 10.8. The second kappa shape index (κ2) is 6.21. The molecule has 0 heterocycles. The van der Waals surface area contributed by atoms with Gasteiger partial charge in [-0.05, 0) is 24.6 Å². The molecule has 74 valence electrons. The molecule has 14 heavy (non-hydrogen) atoms. The summed E-state index contributed by atoms with van der Waals surface area (Å²) in [5.74, 6) is 5.78. The van der Waals surface area contributed by atoms with Crippen molar-refractivity contribution in [2.45, 2.75) is 32.6 Å². The highest BCUT2D eigenvalue weighted by atomic mass is 19.1. The average Bonchev–Trinajstić information content (AvgIpc) is 2.18. The summed E-state index contributed by atoms with van der Waals surface area (Å²) in [5, 5.41) is 0. The van der Waals surface area contributed by atoms with Gasteiger partial charge >= 0.3 is 0 Å². The van der Waals surface area contributed by atoms with Gasteiger partial charge in [0.25, 0.3) is 0 Å². The summed E-state index contributed by atoms with van der Waals surface area (Å²) in [5.41, 5.74) is 0.765. The third-order valence-electron chi connectivity index (χ3n) is 1.96. The smallest absolute Gasteiger partial charge is 0.124 e. The van der Waals surface area contributed by atoms with Crippen LogP contribution in [0.25, 0.3) is 0 Å². The Morgan fingerprint density at radius 2 is 2.14 bits per heavy atom.